The fourth-order valence-electron chi connectivity index (χ4n) is 1.85. The average Bonchev–Trinajstić information content (AvgIpc) is 2.36. The van der Waals surface area contributed by atoms with Crippen LogP contribution in [0.2, 0.25) is 0 Å². The van der Waals surface area contributed by atoms with Crippen LogP contribution in [-0.2, 0) is 14.3 Å². The number of carbonyl (C=O) groups excluding carboxylic acids is 2. The first-order valence-corrected chi connectivity index (χ1v) is 6.64. The number of aliphatic hydroxyl groups excluding tert-OH is 3. The van der Waals surface area contributed by atoms with Gasteiger partial charge in [-0.3, -0.25) is 9.59 Å². The molecular formula is C10H15BrF2N2O6. The van der Waals surface area contributed by atoms with Crippen molar-refractivity contribution in [2.75, 3.05) is 6.61 Å². The number of amides is 2. The van der Waals surface area contributed by atoms with Gasteiger partial charge in [-0.15, -0.1) is 0 Å². The molecule has 2 amide bonds. The van der Waals surface area contributed by atoms with Gasteiger partial charge in [0.25, 0.3) is 0 Å². The monoisotopic (exact) mass is 376 g/mol. The number of carbonyl (C=O) groups is 2. The van der Waals surface area contributed by atoms with Crippen molar-refractivity contribution in [1.29, 1.82) is 0 Å². The quantitative estimate of drug-likeness (QED) is 0.362. The Bertz CT molecular complexity index is 407. The van der Waals surface area contributed by atoms with E-state index in [4.69, 9.17) is 9.84 Å². The lowest BCUT2D eigenvalue weighted by atomic mass is 9.96. The summed E-state index contributed by atoms with van der Waals surface area (Å²) in [6.45, 7) is 0.372. The predicted molar refractivity (Wildman–Crippen MR) is 67.4 cm³/mol. The summed E-state index contributed by atoms with van der Waals surface area (Å²) in [5.74, 6) is -2.40. The molecule has 1 rings (SSSR count). The van der Waals surface area contributed by atoms with Crippen molar-refractivity contribution >= 4 is 27.7 Å². The third-order valence-corrected chi connectivity index (χ3v) is 3.19. The van der Waals surface area contributed by atoms with Gasteiger partial charge in [-0.05, 0) is 0 Å². The van der Waals surface area contributed by atoms with E-state index < -0.39 is 53.8 Å². The molecule has 0 unspecified atom stereocenters. The van der Waals surface area contributed by atoms with Crippen molar-refractivity contribution in [3.05, 3.63) is 0 Å². The smallest absolute Gasteiger partial charge is 0.377 e. The molecule has 0 bridgehead atoms. The Morgan fingerprint density at radius 3 is 2.29 bits per heavy atom. The van der Waals surface area contributed by atoms with E-state index in [1.54, 1.807) is 5.32 Å². The van der Waals surface area contributed by atoms with Gasteiger partial charge >= 0.3 is 10.7 Å². The molecule has 5 atom stereocenters. The molecule has 1 fully saturated rings. The Morgan fingerprint density at radius 2 is 1.86 bits per heavy atom. The van der Waals surface area contributed by atoms with Gasteiger partial charge in [0.15, 0.2) is 6.23 Å². The molecule has 0 aliphatic carbocycles. The van der Waals surface area contributed by atoms with E-state index in [0.717, 1.165) is 6.92 Å². The summed E-state index contributed by atoms with van der Waals surface area (Å²) in [5, 5.41) is 32.5. The third-order valence-electron chi connectivity index (χ3n) is 2.83. The summed E-state index contributed by atoms with van der Waals surface area (Å²) < 4.78 is 30.7. The molecule has 0 aromatic rings. The minimum Gasteiger partial charge on any atom is -0.394 e. The van der Waals surface area contributed by atoms with Crippen LogP contribution in [0.5, 0.6) is 0 Å². The predicted octanol–water partition coefficient (Wildman–Crippen LogP) is -1.97. The van der Waals surface area contributed by atoms with Crippen LogP contribution in [0.4, 0.5) is 8.78 Å². The molecular weight excluding hydrogens is 362 g/mol. The van der Waals surface area contributed by atoms with Crippen molar-refractivity contribution in [2.24, 2.45) is 0 Å². The van der Waals surface area contributed by atoms with Gasteiger partial charge in [0.05, 0.1) is 6.61 Å². The van der Waals surface area contributed by atoms with Crippen LogP contribution >= 0.6 is 15.9 Å². The molecule has 1 aliphatic rings. The summed E-state index contributed by atoms with van der Waals surface area (Å²) in [5.41, 5.74) is 0. The summed E-state index contributed by atoms with van der Waals surface area (Å²) in [6, 6.07) is -1.36. The minimum absolute atomic E-state index is 0.637. The number of halogens is 3. The SMILES string of the molecule is CC(=O)N[C@@H]1[C@@H](O)[C@@H](O)[C@@H](CO)O[C@H]1NC(=O)C(F)(F)Br. The molecule has 122 valence electrons. The second kappa shape index (κ2) is 6.92. The van der Waals surface area contributed by atoms with Crippen molar-refractivity contribution in [3.8, 4) is 0 Å². The number of rotatable bonds is 4. The number of hydrogen-bond donors (Lipinski definition) is 5. The molecule has 1 heterocycles. The zero-order valence-corrected chi connectivity index (χ0v) is 12.4. The van der Waals surface area contributed by atoms with Crippen LogP contribution in [0.15, 0.2) is 0 Å². The topological polar surface area (TPSA) is 128 Å². The minimum atomic E-state index is -3.88. The van der Waals surface area contributed by atoms with E-state index >= 15 is 0 Å². The fraction of sp³-hybridized carbons (Fsp3) is 0.800. The Kier molecular flexibility index (Phi) is 5.99. The second-order valence-corrected chi connectivity index (χ2v) is 5.45. The Balaban J connectivity index is 2.93. The molecule has 11 heteroatoms. The highest BCUT2D eigenvalue weighted by Gasteiger charge is 2.47. The molecule has 21 heavy (non-hydrogen) atoms. The zero-order valence-electron chi connectivity index (χ0n) is 10.8. The van der Waals surface area contributed by atoms with Crippen LogP contribution in [0.3, 0.4) is 0 Å². The zero-order chi connectivity index (χ0) is 16.4. The molecule has 0 aromatic heterocycles. The van der Waals surface area contributed by atoms with Gasteiger partial charge in [-0.25, -0.2) is 0 Å². The van der Waals surface area contributed by atoms with Gasteiger partial charge < -0.3 is 30.7 Å². The standard InChI is InChI=1S/C10H15BrF2N2O6/c1-3(17)14-5-7(19)6(18)4(2-16)21-8(5)15-9(20)10(11,12)13/h4-8,16,18-19H,2H2,1H3,(H,14,17)(H,15,20)/t4-,5-,6+,7-,8-/m1/s1. The molecule has 1 saturated heterocycles. The number of aliphatic hydroxyl groups is 3. The maximum Gasteiger partial charge on any atom is 0.377 e. The van der Waals surface area contributed by atoms with Gasteiger partial charge in [-0.2, -0.15) is 8.78 Å². The molecule has 5 N–H and O–H groups in total. The Labute approximate surface area is 126 Å². The highest BCUT2D eigenvalue weighted by molar-refractivity contribution is 9.10. The first kappa shape index (κ1) is 18.2. The summed E-state index contributed by atoms with van der Waals surface area (Å²) in [4.78, 5) is 18.4. The van der Waals surface area contributed by atoms with Crippen LogP contribution in [0.25, 0.3) is 0 Å². The van der Waals surface area contributed by atoms with E-state index in [1.807, 2.05) is 15.9 Å². The van der Waals surface area contributed by atoms with Crippen LogP contribution in [0, 0.1) is 0 Å². The number of hydrogen-bond acceptors (Lipinski definition) is 6. The largest absolute Gasteiger partial charge is 0.394 e. The molecule has 0 aromatic carbocycles. The van der Waals surface area contributed by atoms with Crippen molar-refractivity contribution in [2.45, 2.75) is 42.3 Å². The second-order valence-electron chi connectivity index (χ2n) is 4.46. The Hall–Kier alpha value is -0.880. The van der Waals surface area contributed by atoms with Gasteiger partial charge in [0.1, 0.15) is 24.4 Å². The highest BCUT2D eigenvalue weighted by atomic mass is 79.9. The van der Waals surface area contributed by atoms with Crippen LogP contribution < -0.4 is 10.6 Å². The van der Waals surface area contributed by atoms with Gasteiger partial charge in [0, 0.05) is 22.9 Å². The molecule has 0 radical (unpaired) electrons. The lowest BCUT2D eigenvalue weighted by Crippen LogP contribution is -2.68. The average molecular weight is 377 g/mol. The van der Waals surface area contributed by atoms with Crippen LogP contribution in [-0.4, -0.2) is 69.2 Å². The van der Waals surface area contributed by atoms with Gasteiger partial charge in [-0.1, -0.05) is 0 Å². The molecule has 0 spiro atoms. The third kappa shape index (κ3) is 4.54. The molecule has 8 nitrogen and oxygen atoms in total. The highest BCUT2D eigenvalue weighted by Crippen LogP contribution is 2.24. The van der Waals surface area contributed by atoms with Crippen LogP contribution in [0.1, 0.15) is 6.92 Å². The summed E-state index contributed by atoms with van der Waals surface area (Å²) in [6.07, 6.45) is -6.06. The number of ether oxygens (including phenoxy) is 1. The van der Waals surface area contributed by atoms with E-state index in [0.29, 0.717) is 0 Å². The van der Waals surface area contributed by atoms with Crippen molar-refractivity contribution in [3.63, 3.8) is 0 Å². The Morgan fingerprint density at radius 1 is 1.29 bits per heavy atom. The lowest BCUT2D eigenvalue weighted by Gasteiger charge is -2.42. The maximum absolute atomic E-state index is 12.8. The van der Waals surface area contributed by atoms with Crippen molar-refractivity contribution < 1.29 is 38.4 Å². The number of alkyl halides is 3. The lowest BCUT2D eigenvalue weighted by molar-refractivity contribution is -0.205. The fourth-order valence-corrected chi connectivity index (χ4v) is 1.96. The first-order chi connectivity index (χ1) is 9.57. The van der Waals surface area contributed by atoms with E-state index in [-0.39, 0.29) is 0 Å². The number of nitrogens with one attached hydrogen (secondary N) is 2. The maximum atomic E-state index is 12.8. The van der Waals surface area contributed by atoms with E-state index in [9.17, 15) is 28.6 Å². The normalized spacial score (nSPS) is 33.4. The van der Waals surface area contributed by atoms with E-state index in [2.05, 4.69) is 5.32 Å². The summed E-state index contributed by atoms with van der Waals surface area (Å²) >= 11 is 1.85. The summed E-state index contributed by atoms with van der Waals surface area (Å²) in [7, 11) is 0. The first-order valence-electron chi connectivity index (χ1n) is 5.85. The molecule has 1 aliphatic heterocycles. The molecule has 0 saturated carbocycles. The van der Waals surface area contributed by atoms with Gasteiger partial charge in [0.2, 0.25) is 5.91 Å². The van der Waals surface area contributed by atoms with E-state index in [1.165, 1.54) is 0 Å². The van der Waals surface area contributed by atoms with Crippen molar-refractivity contribution in [1.82, 2.24) is 10.6 Å².